The predicted molar refractivity (Wildman–Crippen MR) is 138 cm³/mol. The first-order valence-electron chi connectivity index (χ1n) is 15.8. The second-order valence-electron chi connectivity index (χ2n) is 9.58. The number of nitrogens with zero attached hydrogens (tertiary/aromatic N) is 2. The van der Waals surface area contributed by atoms with E-state index < -0.39 is 31.4 Å². The summed E-state index contributed by atoms with van der Waals surface area (Å²) in [6.07, 6.45) is -2.20. The van der Waals surface area contributed by atoms with Gasteiger partial charge in [0.25, 0.3) is 0 Å². The fourth-order valence-electron chi connectivity index (χ4n) is 4.14. The summed E-state index contributed by atoms with van der Waals surface area (Å²) >= 11 is 0. The molecule has 33 heavy (non-hydrogen) atoms. The molecule has 0 N–H and O–H groups in total. The van der Waals surface area contributed by atoms with Crippen LogP contribution in [0.3, 0.4) is 0 Å². The lowest BCUT2D eigenvalue weighted by Crippen LogP contribution is -2.36. The summed E-state index contributed by atoms with van der Waals surface area (Å²) in [7, 11) is 1.63. The van der Waals surface area contributed by atoms with Crippen molar-refractivity contribution in [2.24, 2.45) is 12.5 Å². The van der Waals surface area contributed by atoms with Crippen LogP contribution in [0.5, 0.6) is 0 Å². The van der Waals surface area contributed by atoms with Gasteiger partial charge in [0.1, 0.15) is 18.2 Å². The van der Waals surface area contributed by atoms with E-state index in [1.807, 2.05) is 0 Å². The van der Waals surface area contributed by atoms with Crippen molar-refractivity contribution >= 4 is 27.6 Å². The lowest BCUT2D eigenvalue weighted by atomic mass is 9.85. The quantitative estimate of drug-likeness (QED) is 0.228. The number of hydrogen-bond donors (Lipinski definition) is 0. The number of fused-ring (bicyclic) bond motifs is 3. The van der Waals surface area contributed by atoms with E-state index in [9.17, 15) is 1.37 Å². The van der Waals surface area contributed by atoms with Crippen LogP contribution < -0.4 is 4.57 Å². The lowest BCUT2D eigenvalue weighted by Gasteiger charge is -2.20. The molecule has 0 saturated carbocycles. The van der Waals surface area contributed by atoms with Crippen LogP contribution in [0, 0.1) is 32.7 Å². The zero-order chi connectivity index (χ0) is 32.8. The summed E-state index contributed by atoms with van der Waals surface area (Å²) in [6.45, 7) is 11.9. The predicted octanol–water partition coefficient (Wildman–Crippen LogP) is 8.27. The molecule has 4 rings (SSSR count). The van der Waals surface area contributed by atoms with Gasteiger partial charge in [-0.25, -0.2) is 4.85 Å². The molecule has 0 aliphatic rings. The second kappa shape index (κ2) is 8.03. The summed E-state index contributed by atoms with van der Waals surface area (Å²) in [6, 6.07) is 6.22. The Morgan fingerprint density at radius 3 is 2.67 bits per heavy atom. The van der Waals surface area contributed by atoms with Gasteiger partial charge in [-0.05, 0) is 54.2 Å². The number of hydrogen-bond acceptors (Lipinski definition) is 1. The van der Waals surface area contributed by atoms with Crippen LogP contribution in [0.15, 0.2) is 34.7 Å². The third kappa shape index (κ3) is 3.93. The van der Waals surface area contributed by atoms with Crippen molar-refractivity contribution in [3.63, 3.8) is 0 Å². The summed E-state index contributed by atoms with van der Waals surface area (Å²) in [5.74, 6) is -2.07. The Balaban J connectivity index is 2.22. The molecule has 170 valence electrons. The van der Waals surface area contributed by atoms with E-state index in [4.69, 9.17) is 23.3 Å². The average Bonchev–Trinajstić information content (AvgIpc) is 3.21. The molecule has 2 heterocycles. The SMILES string of the molecule is [2H]c1c(C([2H])([2H])C(C)(C)C)c(C([2H])([2H])[2H])c(C)[n+](C)c1-c1c(C)ccc2c1oc1cc([N+]#[C-])c(C([2H])(C)C([2H])([2H])[2H])cc12. The van der Waals surface area contributed by atoms with Crippen LogP contribution in [0.1, 0.15) is 82.1 Å². The maximum absolute atomic E-state index is 9.35. The Morgan fingerprint density at radius 2 is 2.03 bits per heavy atom. The lowest BCUT2D eigenvalue weighted by molar-refractivity contribution is -0.667. The highest BCUT2D eigenvalue weighted by Crippen LogP contribution is 2.41. The zero-order valence-corrected chi connectivity index (χ0v) is 20.1. The molecule has 3 nitrogen and oxygen atoms in total. The van der Waals surface area contributed by atoms with Crippen molar-refractivity contribution in [3.8, 4) is 11.3 Å². The molecule has 1 atom stereocenters. The molecule has 3 heteroatoms. The monoisotopic (exact) mass is 449 g/mol. The minimum Gasteiger partial charge on any atom is -0.456 e. The highest BCUT2D eigenvalue weighted by atomic mass is 16.3. The molecule has 0 radical (unpaired) electrons. The van der Waals surface area contributed by atoms with Crippen molar-refractivity contribution in [1.29, 1.82) is 0 Å². The van der Waals surface area contributed by atoms with E-state index >= 15 is 0 Å². The molecular formula is C30H35N2O+. The zero-order valence-electron chi connectivity index (χ0n) is 30.1. The average molecular weight is 450 g/mol. The Morgan fingerprint density at radius 1 is 1.27 bits per heavy atom. The molecule has 4 aromatic rings. The first-order chi connectivity index (χ1) is 19.4. The van der Waals surface area contributed by atoms with E-state index in [1.54, 1.807) is 58.4 Å². The number of benzene rings is 2. The molecule has 0 bridgehead atoms. The van der Waals surface area contributed by atoms with E-state index in [2.05, 4.69) is 4.85 Å². The molecule has 2 aromatic carbocycles. The summed E-state index contributed by atoms with van der Waals surface area (Å²) in [5, 5.41) is 1.03. The van der Waals surface area contributed by atoms with Crippen molar-refractivity contribution in [1.82, 2.24) is 0 Å². The minimum absolute atomic E-state index is 0.0243. The van der Waals surface area contributed by atoms with Gasteiger partial charge >= 0.3 is 0 Å². The summed E-state index contributed by atoms with van der Waals surface area (Å²) in [5.41, 5.74) is 0.807. The van der Waals surface area contributed by atoms with Crippen molar-refractivity contribution in [3.05, 3.63) is 69.7 Å². The van der Waals surface area contributed by atoms with Gasteiger partial charge in [-0.2, -0.15) is 4.57 Å². The number of aromatic nitrogens is 1. The Bertz CT molecular complexity index is 1830. The van der Waals surface area contributed by atoms with Crippen molar-refractivity contribution < 1.29 is 22.7 Å². The number of rotatable bonds is 3. The van der Waals surface area contributed by atoms with Gasteiger partial charge in [-0.15, -0.1) is 0 Å². The van der Waals surface area contributed by atoms with Gasteiger partial charge in [0.15, 0.2) is 11.4 Å². The maximum atomic E-state index is 9.35. The smallest absolute Gasteiger partial charge is 0.216 e. The van der Waals surface area contributed by atoms with Crippen LogP contribution in [-0.2, 0) is 13.4 Å². The van der Waals surface area contributed by atoms with Crippen LogP contribution in [-0.4, -0.2) is 0 Å². The molecule has 0 fully saturated rings. The molecule has 1 unspecified atom stereocenters. The normalized spacial score (nSPS) is 19.6. The summed E-state index contributed by atoms with van der Waals surface area (Å²) < 4.78 is 92.6. The van der Waals surface area contributed by atoms with Gasteiger partial charge in [-0.3, -0.25) is 0 Å². The summed E-state index contributed by atoms with van der Waals surface area (Å²) in [4.78, 5) is 3.49. The molecular weight excluding hydrogens is 404 g/mol. The van der Waals surface area contributed by atoms with Gasteiger partial charge < -0.3 is 4.42 Å². The minimum atomic E-state index is -2.71. The van der Waals surface area contributed by atoms with Gasteiger partial charge in [0.2, 0.25) is 5.69 Å². The highest BCUT2D eigenvalue weighted by Gasteiger charge is 2.26. The largest absolute Gasteiger partial charge is 0.456 e. The number of pyridine rings is 1. The molecule has 0 aliphatic carbocycles. The Labute approximate surface area is 211 Å². The third-order valence-corrected chi connectivity index (χ3v) is 5.92. The van der Waals surface area contributed by atoms with Gasteiger partial charge in [-0.1, -0.05) is 52.7 Å². The van der Waals surface area contributed by atoms with Crippen LogP contribution in [0.25, 0.3) is 38.0 Å². The second-order valence-corrected chi connectivity index (χ2v) is 9.58. The standard InChI is InChI=1S/C30H35N2O/c1-17(2)23-14-24-22-12-11-18(3)28(29(22)33-27(24)15-25(23)31-9)26-13-21(16-30(6,7)8)19(4)20(5)32(26)10/h11-15,17H,16H2,1-8,10H3/q+1/i1D3,4D3,13D,16D2,17D. The van der Waals surface area contributed by atoms with E-state index in [0.717, 1.165) is 0 Å². The number of furan rings is 1. The molecule has 0 saturated heterocycles. The van der Waals surface area contributed by atoms with Gasteiger partial charge in [0.05, 0.1) is 13.5 Å². The van der Waals surface area contributed by atoms with Gasteiger partial charge in [0, 0.05) is 41.6 Å². The van der Waals surface area contributed by atoms with E-state index in [0.29, 0.717) is 27.5 Å². The molecule has 0 aliphatic heterocycles. The van der Waals surface area contributed by atoms with Crippen LogP contribution in [0.2, 0.25) is 0 Å². The molecule has 2 aromatic heterocycles. The maximum Gasteiger partial charge on any atom is 0.216 e. The van der Waals surface area contributed by atoms with E-state index in [1.165, 1.54) is 19.1 Å². The fraction of sp³-hybridized carbons (Fsp3) is 0.400. The van der Waals surface area contributed by atoms with Crippen molar-refractivity contribution in [2.45, 2.75) is 67.5 Å². The van der Waals surface area contributed by atoms with Crippen molar-refractivity contribution in [2.75, 3.05) is 0 Å². The molecule has 0 spiro atoms. The van der Waals surface area contributed by atoms with Crippen LogP contribution >= 0.6 is 0 Å². The number of aryl methyl sites for hydroxylation is 1. The third-order valence-electron chi connectivity index (χ3n) is 5.92. The molecule has 0 amide bonds. The highest BCUT2D eigenvalue weighted by molar-refractivity contribution is 6.10. The Kier molecular flexibility index (Phi) is 3.30. The first-order valence-corrected chi connectivity index (χ1v) is 10.8. The fourth-order valence-corrected chi connectivity index (χ4v) is 4.14. The topological polar surface area (TPSA) is 21.4 Å². The Hall–Kier alpha value is -3.12. The van der Waals surface area contributed by atoms with E-state index in [-0.39, 0.29) is 45.4 Å². The van der Waals surface area contributed by atoms with Crippen LogP contribution in [0.4, 0.5) is 5.69 Å². The first kappa shape index (κ1) is 13.6.